The fraction of sp³-hybridized carbons (Fsp3) is 0.385. The molecule has 4 nitrogen and oxygen atoms in total. The van der Waals surface area contributed by atoms with Crippen LogP contribution in [-0.2, 0) is 4.79 Å². The molecule has 1 aromatic carbocycles. The second-order valence-electron chi connectivity index (χ2n) is 4.58. The maximum atomic E-state index is 13.8. The Morgan fingerprint density at radius 3 is 2.79 bits per heavy atom. The molecule has 0 radical (unpaired) electrons. The predicted molar refractivity (Wildman–Crippen MR) is 72.5 cm³/mol. The van der Waals surface area contributed by atoms with Crippen LogP contribution in [0.4, 0.5) is 4.39 Å². The zero-order valence-corrected chi connectivity index (χ0v) is 11.5. The molecule has 0 aliphatic heterocycles. The van der Waals surface area contributed by atoms with Crippen molar-refractivity contribution in [1.29, 1.82) is 0 Å². The first-order valence-electron chi connectivity index (χ1n) is 6.00. The van der Waals surface area contributed by atoms with Crippen LogP contribution in [0.3, 0.4) is 0 Å². The molecule has 1 aromatic heterocycles. The van der Waals surface area contributed by atoms with Gasteiger partial charge in [-0.2, -0.15) is 0 Å². The summed E-state index contributed by atoms with van der Waals surface area (Å²) in [6, 6.07) is 4.49. The van der Waals surface area contributed by atoms with Crippen molar-refractivity contribution in [3.63, 3.8) is 0 Å². The zero-order valence-electron chi connectivity index (χ0n) is 10.7. The third-order valence-electron chi connectivity index (χ3n) is 2.99. The van der Waals surface area contributed by atoms with E-state index in [-0.39, 0.29) is 23.4 Å². The first-order chi connectivity index (χ1) is 8.91. The predicted octanol–water partition coefficient (Wildman–Crippen LogP) is 2.91. The van der Waals surface area contributed by atoms with E-state index in [0.29, 0.717) is 11.3 Å². The van der Waals surface area contributed by atoms with E-state index in [9.17, 15) is 9.18 Å². The largest absolute Gasteiger partial charge is 0.370 e. The molecule has 19 heavy (non-hydrogen) atoms. The van der Waals surface area contributed by atoms with Crippen LogP contribution in [0.2, 0.25) is 0 Å². The molecular formula is C13H15ClFN3O. The van der Waals surface area contributed by atoms with Gasteiger partial charge in [-0.15, -0.1) is 11.6 Å². The molecule has 0 aliphatic rings. The maximum absolute atomic E-state index is 13.8. The average molecular weight is 284 g/mol. The standard InChI is InChI=1S/C13H15ClFN3O/c1-7(6-11(16)19)18-10-5-3-4-9(15)12(10)17-13(18)8(2)14/h3-5,7-8H,6H2,1-2H3,(H2,16,19). The van der Waals surface area contributed by atoms with Crippen molar-refractivity contribution in [2.24, 2.45) is 5.73 Å². The SMILES string of the molecule is CC(Cl)c1nc2c(F)cccc2n1C(C)CC(N)=O. The van der Waals surface area contributed by atoms with Crippen molar-refractivity contribution in [2.75, 3.05) is 0 Å². The Hall–Kier alpha value is -1.62. The molecule has 6 heteroatoms. The van der Waals surface area contributed by atoms with Gasteiger partial charge in [-0.25, -0.2) is 9.37 Å². The van der Waals surface area contributed by atoms with Crippen molar-refractivity contribution >= 4 is 28.5 Å². The summed E-state index contributed by atoms with van der Waals surface area (Å²) in [5.74, 6) is -0.282. The normalized spacial score (nSPS) is 14.5. The molecule has 0 bridgehead atoms. The van der Waals surface area contributed by atoms with Gasteiger partial charge in [0, 0.05) is 12.5 Å². The van der Waals surface area contributed by atoms with Gasteiger partial charge in [-0.1, -0.05) is 6.07 Å². The summed E-state index contributed by atoms with van der Waals surface area (Å²) < 4.78 is 15.5. The quantitative estimate of drug-likeness (QED) is 0.877. The fourth-order valence-electron chi connectivity index (χ4n) is 2.23. The Labute approximate surface area is 115 Å². The fourth-order valence-corrected chi connectivity index (χ4v) is 2.38. The van der Waals surface area contributed by atoms with E-state index in [1.807, 2.05) is 6.92 Å². The van der Waals surface area contributed by atoms with Crippen LogP contribution in [0.1, 0.15) is 37.5 Å². The number of amides is 1. The van der Waals surface area contributed by atoms with Crippen molar-refractivity contribution < 1.29 is 9.18 Å². The monoisotopic (exact) mass is 283 g/mol. The topological polar surface area (TPSA) is 60.9 Å². The molecule has 2 unspecified atom stereocenters. The molecule has 0 saturated heterocycles. The number of benzene rings is 1. The molecule has 0 aliphatic carbocycles. The van der Waals surface area contributed by atoms with Crippen LogP contribution < -0.4 is 5.73 Å². The van der Waals surface area contributed by atoms with Crippen LogP contribution in [-0.4, -0.2) is 15.5 Å². The van der Waals surface area contributed by atoms with Crippen LogP contribution in [0.15, 0.2) is 18.2 Å². The van der Waals surface area contributed by atoms with Gasteiger partial charge in [-0.3, -0.25) is 4.79 Å². The van der Waals surface area contributed by atoms with Gasteiger partial charge in [0.15, 0.2) is 5.82 Å². The lowest BCUT2D eigenvalue weighted by molar-refractivity contribution is -0.118. The van der Waals surface area contributed by atoms with Gasteiger partial charge in [0.05, 0.1) is 10.9 Å². The van der Waals surface area contributed by atoms with Gasteiger partial charge in [0.2, 0.25) is 5.91 Å². The number of alkyl halides is 1. The highest BCUT2D eigenvalue weighted by Crippen LogP contribution is 2.30. The minimum absolute atomic E-state index is 0.151. The van der Waals surface area contributed by atoms with Gasteiger partial charge < -0.3 is 10.3 Å². The number of nitrogens with two attached hydrogens (primary N) is 1. The zero-order chi connectivity index (χ0) is 14.2. The van der Waals surface area contributed by atoms with Gasteiger partial charge in [-0.05, 0) is 26.0 Å². The molecule has 0 spiro atoms. The Kier molecular flexibility index (Phi) is 3.75. The summed E-state index contributed by atoms with van der Waals surface area (Å²) in [5.41, 5.74) is 6.11. The highest BCUT2D eigenvalue weighted by atomic mass is 35.5. The molecule has 102 valence electrons. The highest BCUT2D eigenvalue weighted by Gasteiger charge is 2.21. The lowest BCUT2D eigenvalue weighted by Gasteiger charge is -2.17. The number of primary amides is 1. The van der Waals surface area contributed by atoms with Crippen LogP contribution in [0.5, 0.6) is 0 Å². The average Bonchev–Trinajstić information content (AvgIpc) is 2.69. The third-order valence-corrected chi connectivity index (χ3v) is 3.19. The summed E-state index contributed by atoms with van der Waals surface area (Å²) in [5, 5.41) is -0.387. The van der Waals surface area contributed by atoms with Crippen molar-refractivity contribution in [1.82, 2.24) is 9.55 Å². The van der Waals surface area contributed by atoms with Gasteiger partial charge in [0.25, 0.3) is 0 Å². The number of hydrogen-bond acceptors (Lipinski definition) is 2. The second-order valence-corrected chi connectivity index (χ2v) is 5.24. The van der Waals surface area contributed by atoms with Gasteiger partial charge in [0.1, 0.15) is 11.3 Å². The summed E-state index contributed by atoms with van der Waals surface area (Å²) >= 11 is 6.09. The van der Waals surface area contributed by atoms with Crippen molar-refractivity contribution in [2.45, 2.75) is 31.7 Å². The summed E-state index contributed by atoms with van der Waals surface area (Å²) in [6.45, 7) is 3.59. The van der Waals surface area contributed by atoms with E-state index in [4.69, 9.17) is 17.3 Å². The van der Waals surface area contributed by atoms with E-state index in [0.717, 1.165) is 0 Å². The molecular weight excluding hydrogens is 269 g/mol. The van der Waals surface area contributed by atoms with E-state index in [1.54, 1.807) is 23.6 Å². The van der Waals surface area contributed by atoms with Crippen molar-refractivity contribution in [3.8, 4) is 0 Å². The smallest absolute Gasteiger partial charge is 0.219 e. The van der Waals surface area contributed by atoms with E-state index in [2.05, 4.69) is 4.98 Å². The summed E-state index contributed by atoms with van der Waals surface area (Å²) in [6.07, 6.45) is 0.151. The Bertz CT molecular complexity index is 624. The number of imidazole rings is 1. The van der Waals surface area contributed by atoms with Crippen LogP contribution in [0, 0.1) is 5.82 Å². The Morgan fingerprint density at radius 1 is 1.53 bits per heavy atom. The first-order valence-corrected chi connectivity index (χ1v) is 6.44. The van der Waals surface area contributed by atoms with Gasteiger partial charge >= 0.3 is 0 Å². The lowest BCUT2D eigenvalue weighted by atomic mass is 10.2. The molecule has 0 fully saturated rings. The number of carbonyl (C=O) groups is 1. The number of halogens is 2. The second kappa shape index (κ2) is 5.17. The van der Waals surface area contributed by atoms with Crippen LogP contribution >= 0.6 is 11.6 Å². The first kappa shape index (κ1) is 13.8. The van der Waals surface area contributed by atoms with E-state index in [1.165, 1.54) is 6.07 Å². The molecule has 2 aromatic rings. The molecule has 0 saturated carbocycles. The third kappa shape index (κ3) is 2.56. The maximum Gasteiger partial charge on any atom is 0.219 e. The Morgan fingerprint density at radius 2 is 2.21 bits per heavy atom. The Balaban J connectivity index is 2.65. The highest BCUT2D eigenvalue weighted by molar-refractivity contribution is 6.20. The number of hydrogen-bond donors (Lipinski definition) is 1. The number of para-hydroxylation sites is 1. The van der Waals surface area contributed by atoms with Crippen LogP contribution in [0.25, 0.3) is 11.0 Å². The van der Waals surface area contributed by atoms with Crippen molar-refractivity contribution in [3.05, 3.63) is 29.8 Å². The molecule has 2 atom stereocenters. The summed E-state index contributed by atoms with van der Waals surface area (Å²) in [7, 11) is 0. The number of nitrogens with zero attached hydrogens (tertiary/aromatic N) is 2. The molecule has 1 amide bonds. The molecule has 2 N–H and O–H groups in total. The minimum Gasteiger partial charge on any atom is -0.370 e. The molecule has 1 heterocycles. The number of aromatic nitrogens is 2. The number of rotatable bonds is 4. The summed E-state index contributed by atoms with van der Waals surface area (Å²) in [4.78, 5) is 15.3. The van der Waals surface area contributed by atoms with E-state index >= 15 is 0 Å². The minimum atomic E-state index is -0.418. The van der Waals surface area contributed by atoms with E-state index < -0.39 is 11.7 Å². The number of carbonyl (C=O) groups excluding carboxylic acids is 1. The number of fused-ring (bicyclic) bond motifs is 1. The lowest BCUT2D eigenvalue weighted by Crippen LogP contribution is -2.19. The molecule has 2 rings (SSSR count).